The van der Waals surface area contributed by atoms with Crippen molar-refractivity contribution < 1.29 is 14.2 Å². The van der Waals surface area contributed by atoms with Crippen LogP contribution < -0.4 is 5.73 Å². The first-order chi connectivity index (χ1) is 5.27. The molecule has 0 radical (unpaired) electrons. The van der Waals surface area contributed by atoms with Crippen LogP contribution in [0.3, 0.4) is 0 Å². The average molecular weight is 161 g/mol. The third-order valence-electron chi connectivity index (χ3n) is 1.94. The van der Waals surface area contributed by atoms with Crippen LogP contribution in [0.1, 0.15) is 6.42 Å². The number of hydrogen-bond donors (Lipinski definition) is 1. The van der Waals surface area contributed by atoms with Crippen molar-refractivity contribution in [2.24, 2.45) is 5.73 Å². The van der Waals surface area contributed by atoms with E-state index in [2.05, 4.69) is 0 Å². The summed E-state index contributed by atoms with van der Waals surface area (Å²) in [5.74, 6) is 0. The van der Waals surface area contributed by atoms with Gasteiger partial charge in [0.15, 0.2) is 6.29 Å². The highest BCUT2D eigenvalue weighted by molar-refractivity contribution is 4.78. The van der Waals surface area contributed by atoms with E-state index >= 15 is 0 Å². The maximum atomic E-state index is 5.70. The normalized spacial score (nSPS) is 39.0. The van der Waals surface area contributed by atoms with E-state index in [-0.39, 0.29) is 18.4 Å². The molecular weight excluding hydrogens is 146 g/mol. The number of hydrogen-bond acceptors (Lipinski definition) is 4. The zero-order valence-electron chi connectivity index (χ0n) is 6.95. The van der Waals surface area contributed by atoms with Crippen molar-refractivity contribution >= 4 is 0 Å². The lowest BCUT2D eigenvalue weighted by atomic mass is 10.1. The van der Waals surface area contributed by atoms with E-state index in [4.69, 9.17) is 19.9 Å². The van der Waals surface area contributed by atoms with Crippen LogP contribution in [0.15, 0.2) is 0 Å². The lowest BCUT2D eigenvalue weighted by Gasteiger charge is -2.32. The van der Waals surface area contributed by atoms with Crippen LogP contribution >= 0.6 is 0 Å². The van der Waals surface area contributed by atoms with Crippen LogP contribution in [0, 0.1) is 0 Å². The van der Waals surface area contributed by atoms with Gasteiger partial charge in [-0.1, -0.05) is 0 Å². The second-order valence-corrected chi connectivity index (χ2v) is 2.67. The van der Waals surface area contributed by atoms with E-state index in [0.717, 1.165) is 0 Å². The van der Waals surface area contributed by atoms with E-state index in [1.165, 1.54) is 0 Å². The summed E-state index contributed by atoms with van der Waals surface area (Å²) in [5.41, 5.74) is 5.70. The first kappa shape index (κ1) is 8.93. The van der Waals surface area contributed by atoms with Gasteiger partial charge in [-0.15, -0.1) is 0 Å². The highest BCUT2D eigenvalue weighted by Crippen LogP contribution is 2.15. The molecule has 11 heavy (non-hydrogen) atoms. The molecule has 1 saturated heterocycles. The second-order valence-electron chi connectivity index (χ2n) is 2.67. The summed E-state index contributed by atoms with van der Waals surface area (Å²) in [7, 11) is 3.27. The fraction of sp³-hybridized carbons (Fsp3) is 1.00. The summed E-state index contributed by atoms with van der Waals surface area (Å²) in [6.07, 6.45) is 0.627. The third-order valence-corrected chi connectivity index (χ3v) is 1.94. The van der Waals surface area contributed by atoms with Gasteiger partial charge in [0.2, 0.25) is 0 Å². The fourth-order valence-corrected chi connectivity index (χ4v) is 1.19. The predicted molar refractivity (Wildman–Crippen MR) is 40.1 cm³/mol. The molecule has 0 spiro atoms. The molecule has 4 nitrogen and oxygen atoms in total. The minimum atomic E-state index is -0.153. The summed E-state index contributed by atoms with van der Waals surface area (Å²) in [5, 5.41) is 0. The maximum Gasteiger partial charge on any atom is 0.159 e. The average Bonchev–Trinajstić information content (AvgIpc) is 2.05. The molecule has 0 aromatic heterocycles. The van der Waals surface area contributed by atoms with Crippen LogP contribution in [-0.2, 0) is 14.2 Å². The van der Waals surface area contributed by atoms with E-state index in [1.54, 1.807) is 14.2 Å². The van der Waals surface area contributed by atoms with Crippen molar-refractivity contribution in [1.82, 2.24) is 0 Å². The summed E-state index contributed by atoms with van der Waals surface area (Å²) < 4.78 is 15.4. The Morgan fingerprint density at radius 3 is 2.64 bits per heavy atom. The molecule has 4 heteroatoms. The smallest absolute Gasteiger partial charge is 0.159 e. The largest absolute Gasteiger partial charge is 0.380 e. The van der Waals surface area contributed by atoms with E-state index < -0.39 is 0 Å². The SMILES string of the molecule is COC1CC(OC)C(N)CO1. The minimum Gasteiger partial charge on any atom is -0.380 e. The number of methoxy groups -OCH3 is 2. The third kappa shape index (κ3) is 2.13. The Labute approximate surface area is 66.6 Å². The quantitative estimate of drug-likeness (QED) is 0.605. The predicted octanol–water partition coefficient (Wildman–Crippen LogP) is -0.278. The van der Waals surface area contributed by atoms with Gasteiger partial charge in [0.05, 0.1) is 18.8 Å². The van der Waals surface area contributed by atoms with Gasteiger partial charge in [0.1, 0.15) is 0 Å². The Morgan fingerprint density at radius 2 is 2.09 bits per heavy atom. The Morgan fingerprint density at radius 1 is 1.36 bits per heavy atom. The molecule has 0 aromatic rings. The molecule has 1 aliphatic heterocycles. The lowest BCUT2D eigenvalue weighted by Crippen LogP contribution is -2.48. The minimum absolute atomic E-state index is 0.0219. The highest BCUT2D eigenvalue weighted by Gasteiger charge is 2.28. The Balaban J connectivity index is 2.37. The van der Waals surface area contributed by atoms with Gasteiger partial charge in [-0.3, -0.25) is 0 Å². The van der Waals surface area contributed by atoms with Crippen LogP contribution in [-0.4, -0.2) is 39.3 Å². The van der Waals surface area contributed by atoms with Crippen molar-refractivity contribution in [1.29, 1.82) is 0 Å². The Hall–Kier alpha value is -0.160. The molecule has 2 N–H and O–H groups in total. The van der Waals surface area contributed by atoms with Gasteiger partial charge in [-0.2, -0.15) is 0 Å². The molecule has 0 aliphatic carbocycles. The summed E-state index contributed by atoms with van der Waals surface area (Å²) in [6.45, 7) is 0.511. The van der Waals surface area contributed by atoms with Crippen LogP contribution in [0.25, 0.3) is 0 Å². The Bertz CT molecular complexity index is 120. The number of ether oxygens (including phenoxy) is 3. The molecule has 1 heterocycles. The highest BCUT2D eigenvalue weighted by atomic mass is 16.7. The first-order valence-electron chi connectivity index (χ1n) is 3.70. The van der Waals surface area contributed by atoms with Crippen molar-refractivity contribution in [2.45, 2.75) is 24.9 Å². The number of rotatable bonds is 2. The standard InChI is InChI=1S/C7H15NO3/c1-9-6-3-7(10-2)11-4-5(6)8/h5-7H,3-4,8H2,1-2H3. The Kier molecular flexibility index (Phi) is 3.26. The van der Waals surface area contributed by atoms with E-state index in [0.29, 0.717) is 13.0 Å². The van der Waals surface area contributed by atoms with Crippen LogP contribution in [0.2, 0.25) is 0 Å². The molecule has 66 valence electrons. The first-order valence-corrected chi connectivity index (χ1v) is 3.70. The van der Waals surface area contributed by atoms with Crippen molar-refractivity contribution in [3.05, 3.63) is 0 Å². The molecule has 3 atom stereocenters. The monoisotopic (exact) mass is 161 g/mol. The molecule has 3 unspecified atom stereocenters. The second kappa shape index (κ2) is 4.01. The summed E-state index contributed by atoms with van der Waals surface area (Å²) in [4.78, 5) is 0. The van der Waals surface area contributed by atoms with Gasteiger partial charge in [-0.05, 0) is 0 Å². The molecular formula is C7H15NO3. The van der Waals surface area contributed by atoms with E-state index in [9.17, 15) is 0 Å². The van der Waals surface area contributed by atoms with Gasteiger partial charge < -0.3 is 19.9 Å². The molecule has 0 amide bonds. The van der Waals surface area contributed by atoms with Crippen molar-refractivity contribution in [3.63, 3.8) is 0 Å². The zero-order valence-corrected chi connectivity index (χ0v) is 6.95. The molecule has 1 fully saturated rings. The lowest BCUT2D eigenvalue weighted by molar-refractivity contribution is -0.181. The fourth-order valence-electron chi connectivity index (χ4n) is 1.19. The van der Waals surface area contributed by atoms with Crippen molar-refractivity contribution in [2.75, 3.05) is 20.8 Å². The van der Waals surface area contributed by atoms with E-state index in [1.807, 2.05) is 0 Å². The topological polar surface area (TPSA) is 53.7 Å². The maximum absolute atomic E-state index is 5.70. The number of nitrogens with two attached hydrogens (primary N) is 1. The molecule has 1 rings (SSSR count). The van der Waals surface area contributed by atoms with Gasteiger partial charge >= 0.3 is 0 Å². The van der Waals surface area contributed by atoms with Gasteiger partial charge in [-0.25, -0.2) is 0 Å². The molecule has 0 saturated carbocycles. The summed E-state index contributed by atoms with van der Waals surface area (Å²) >= 11 is 0. The van der Waals surface area contributed by atoms with Crippen molar-refractivity contribution in [3.8, 4) is 0 Å². The summed E-state index contributed by atoms with van der Waals surface area (Å²) in [6, 6.07) is -0.0219. The molecule has 0 bridgehead atoms. The van der Waals surface area contributed by atoms with Crippen LogP contribution in [0.5, 0.6) is 0 Å². The molecule has 0 aromatic carbocycles. The van der Waals surface area contributed by atoms with Gasteiger partial charge in [0, 0.05) is 20.6 Å². The van der Waals surface area contributed by atoms with Gasteiger partial charge in [0.25, 0.3) is 0 Å². The zero-order chi connectivity index (χ0) is 8.27. The van der Waals surface area contributed by atoms with Crippen LogP contribution in [0.4, 0.5) is 0 Å². The molecule has 1 aliphatic rings.